The van der Waals surface area contributed by atoms with E-state index in [4.69, 9.17) is 0 Å². The zero-order chi connectivity index (χ0) is 11.8. The molecule has 2 aromatic rings. The Bertz CT molecular complexity index is 545. The Morgan fingerprint density at radius 1 is 1.06 bits per heavy atom. The van der Waals surface area contributed by atoms with Crippen molar-refractivity contribution in [3.05, 3.63) is 70.8 Å². The van der Waals surface area contributed by atoms with E-state index in [0.717, 1.165) is 12.0 Å². The maximum Gasteiger partial charge on any atom is 0.0864 e. The van der Waals surface area contributed by atoms with Gasteiger partial charge in [-0.2, -0.15) is 0 Å². The van der Waals surface area contributed by atoms with Crippen molar-refractivity contribution in [2.75, 3.05) is 0 Å². The van der Waals surface area contributed by atoms with Crippen molar-refractivity contribution in [2.24, 2.45) is 0 Å². The van der Waals surface area contributed by atoms with E-state index < -0.39 is 0 Å². The van der Waals surface area contributed by atoms with Crippen LogP contribution in [0.1, 0.15) is 34.3 Å². The van der Waals surface area contributed by atoms with Crippen LogP contribution in [0.15, 0.2) is 48.5 Å². The molecule has 0 fully saturated rings. The van der Waals surface area contributed by atoms with Gasteiger partial charge in [0.2, 0.25) is 0 Å². The van der Waals surface area contributed by atoms with E-state index in [-0.39, 0.29) is 12.0 Å². The summed E-state index contributed by atoms with van der Waals surface area (Å²) < 4.78 is 0. The van der Waals surface area contributed by atoms with Gasteiger partial charge in [0.25, 0.3) is 0 Å². The highest BCUT2D eigenvalue weighted by Gasteiger charge is 2.32. The first-order chi connectivity index (χ1) is 8.27. The van der Waals surface area contributed by atoms with Crippen LogP contribution in [0.5, 0.6) is 0 Å². The van der Waals surface area contributed by atoms with Gasteiger partial charge >= 0.3 is 0 Å². The minimum absolute atomic E-state index is 0.271. The number of aryl methyl sites for hydroxylation is 1. The Labute approximate surface area is 102 Å². The van der Waals surface area contributed by atoms with E-state index in [2.05, 4.69) is 37.3 Å². The van der Waals surface area contributed by atoms with Crippen molar-refractivity contribution < 1.29 is 5.11 Å². The lowest BCUT2D eigenvalue weighted by Crippen LogP contribution is -2.23. The monoisotopic (exact) mass is 224 g/mol. The number of benzene rings is 2. The number of aliphatic hydroxyl groups is 1. The van der Waals surface area contributed by atoms with Crippen LogP contribution in [0, 0.1) is 6.92 Å². The van der Waals surface area contributed by atoms with E-state index in [9.17, 15) is 5.11 Å². The molecule has 1 aliphatic carbocycles. The third-order valence-electron chi connectivity index (χ3n) is 3.78. The zero-order valence-electron chi connectivity index (χ0n) is 9.93. The fourth-order valence-electron chi connectivity index (χ4n) is 2.71. The Kier molecular flexibility index (Phi) is 2.49. The molecule has 3 rings (SSSR count). The standard InChI is InChI=1S/C16H16O/c1-11-6-2-4-8-13(11)16(17)15-10-12-7-3-5-9-14(12)15/h2-9,15-17H,10H2,1H3. The molecule has 17 heavy (non-hydrogen) atoms. The molecule has 0 spiro atoms. The molecule has 0 bridgehead atoms. The lowest BCUT2D eigenvalue weighted by Gasteiger charge is -2.34. The molecule has 2 unspecified atom stereocenters. The van der Waals surface area contributed by atoms with Crippen LogP contribution in [0.2, 0.25) is 0 Å². The summed E-state index contributed by atoms with van der Waals surface area (Å²) in [6.45, 7) is 2.06. The van der Waals surface area contributed by atoms with Gasteiger partial charge in [-0.05, 0) is 35.6 Å². The van der Waals surface area contributed by atoms with Crippen LogP contribution in [-0.4, -0.2) is 5.11 Å². The molecule has 86 valence electrons. The minimum Gasteiger partial charge on any atom is -0.388 e. The summed E-state index contributed by atoms with van der Waals surface area (Å²) >= 11 is 0. The summed E-state index contributed by atoms with van der Waals surface area (Å²) in [6, 6.07) is 16.5. The topological polar surface area (TPSA) is 20.2 Å². The summed E-state index contributed by atoms with van der Waals surface area (Å²) in [5.74, 6) is 0.271. The lowest BCUT2D eigenvalue weighted by molar-refractivity contribution is 0.134. The molecule has 1 aliphatic rings. The van der Waals surface area contributed by atoms with Gasteiger partial charge in [-0.25, -0.2) is 0 Å². The van der Waals surface area contributed by atoms with Crippen LogP contribution in [0.4, 0.5) is 0 Å². The predicted molar refractivity (Wildman–Crippen MR) is 69.0 cm³/mol. The Balaban J connectivity index is 1.91. The molecule has 1 nitrogen and oxygen atoms in total. The van der Waals surface area contributed by atoms with Crippen molar-refractivity contribution >= 4 is 0 Å². The highest BCUT2D eigenvalue weighted by molar-refractivity contribution is 5.43. The van der Waals surface area contributed by atoms with Crippen molar-refractivity contribution in [1.29, 1.82) is 0 Å². The second-order valence-electron chi connectivity index (χ2n) is 4.81. The van der Waals surface area contributed by atoms with E-state index in [1.165, 1.54) is 16.7 Å². The normalized spacial score (nSPS) is 19.3. The highest BCUT2D eigenvalue weighted by atomic mass is 16.3. The molecule has 0 heterocycles. The molecule has 0 aliphatic heterocycles. The molecule has 0 radical (unpaired) electrons. The van der Waals surface area contributed by atoms with Gasteiger partial charge in [-0.15, -0.1) is 0 Å². The molecule has 1 N–H and O–H groups in total. The first-order valence-corrected chi connectivity index (χ1v) is 6.09. The molecule has 0 saturated heterocycles. The number of fused-ring (bicyclic) bond motifs is 1. The first-order valence-electron chi connectivity index (χ1n) is 6.09. The number of rotatable bonds is 2. The van der Waals surface area contributed by atoms with Gasteiger partial charge in [0.05, 0.1) is 6.10 Å². The van der Waals surface area contributed by atoms with E-state index >= 15 is 0 Å². The van der Waals surface area contributed by atoms with Crippen LogP contribution in [-0.2, 0) is 6.42 Å². The molecular formula is C16H16O. The van der Waals surface area contributed by atoms with Gasteiger partial charge < -0.3 is 5.11 Å². The van der Waals surface area contributed by atoms with Crippen molar-refractivity contribution in [1.82, 2.24) is 0 Å². The number of aliphatic hydroxyl groups excluding tert-OH is 1. The van der Waals surface area contributed by atoms with Crippen molar-refractivity contribution in [3.63, 3.8) is 0 Å². The second-order valence-corrected chi connectivity index (χ2v) is 4.81. The molecular weight excluding hydrogens is 208 g/mol. The Morgan fingerprint density at radius 3 is 2.53 bits per heavy atom. The average molecular weight is 224 g/mol. The van der Waals surface area contributed by atoms with E-state index in [1.54, 1.807) is 0 Å². The average Bonchev–Trinajstić information content (AvgIpc) is 2.31. The fourth-order valence-corrected chi connectivity index (χ4v) is 2.71. The Hall–Kier alpha value is -1.60. The largest absolute Gasteiger partial charge is 0.388 e. The van der Waals surface area contributed by atoms with Crippen LogP contribution in [0.3, 0.4) is 0 Å². The third kappa shape index (κ3) is 1.67. The minimum atomic E-state index is -0.369. The highest BCUT2D eigenvalue weighted by Crippen LogP contribution is 2.43. The zero-order valence-corrected chi connectivity index (χ0v) is 9.93. The molecule has 1 heteroatoms. The maximum absolute atomic E-state index is 10.5. The molecule has 0 saturated carbocycles. The van der Waals surface area contributed by atoms with E-state index in [0.29, 0.717) is 0 Å². The van der Waals surface area contributed by atoms with Gasteiger partial charge in [0.1, 0.15) is 0 Å². The first kappa shape index (κ1) is 10.5. The molecule has 2 atom stereocenters. The van der Waals surface area contributed by atoms with Gasteiger partial charge in [0, 0.05) is 5.92 Å². The van der Waals surface area contributed by atoms with Gasteiger partial charge in [-0.3, -0.25) is 0 Å². The molecule has 2 aromatic carbocycles. The lowest BCUT2D eigenvalue weighted by atomic mass is 9.72. The van der Waals surface area contributed by atoms with E-state index in [1.807, 2.05) is 18.2 Å². The molecule has 0 aromatic heterocycles. The quantitative estimate of drug-likeness (QED) is 0.829. The summed E-state index contributed by atoms with van der Waals surface area (Å²) in [5, 5.41) is 10.5. The maximum atomic E-state index is 10.5. The number of hydrogen-bond donors (Lipinski definition) is 1. The second kappa shape index (κ2) is 4.01. The van der Waals surface area contributed by atoms with Gasteiger partial charge in [0.15, 0.2) is 0 Å². The molecule has 0 amide bonds. The van der Waals surface area contributed by atoms with Gasteiger partial charge in [-0.1, -0.05) is 48.5 Å². The fraction of sp³-hybridized carbons (Fsp3) is 0.250. The predicted octanol–water partition coefficient (Wildman–Crippen LogP) is 3.37. The third-order valence-corrected chi connectivity index (χ3v) is 3.78. The summed E-state index contributed by atoms with van der Waals surface area (Å²) in [5.41, 5.74) is 4.92. The number of hydrogen-bond acceptors (Lipinski definition) is 1. The van der Waals surface area contributed by atoms with Crippen molar-refractivity contribution in [2.45, 2.75) is 25.4 Å². The Morgan fingerprint density at radius 2 is 1.76 bits per heavy atom. The summed E-state index contributed by atoms with van der Waals surface area (Å²) in [7, 11) is 0. The summed E-state index contributed by atoms with van der Waals surface area (Å²) in [4.78, 5) is 0. The van der Waals surface area contributed by atoms with Crippen LogP contribution in [0.25, 0.3) is 0 Å². The van der Waals surface area contributed by atoms with Crippen LogP contribution < -0.4 is 0 Å². The SMILES string of the molecule is Cc1ccccc1C(O)C1Cc2ccccc21. The van der Waals surface area contributed by atoms with Crippen LogP contribution >= 0.6 is 0 Å². The van der Waals surface area contributed by atoms with Crippen molar-refractivity contribution in [3.8, 4) is 0 Å². The smallest absolute Gasteiger partial charge is 0.0864 e. The summed E-state index contributed by atoms with van der Waals surface area (Å²) in [6.07, 6.45) is 0.622.